The maximum Gasteiger partial charge on any atom is 0.188 e. The molecule has 1 atom stereocenters. The minimum atomic E-state index is 0.167. The van der Waals surface area contributed by atoms with Gasteiger partial charge in [0.15, 0.2) is 5.96 Å². The van der Waals surface area contributed by atoms with Crippen molar-refractivity contribution in [1.82, 2.24) is 5.32 Å². The summed E-state index contributed by atoms with van der Waals surface area (Å²) in [5, 5.41) is 3.08. The van der Waals surface area contributed by atoms with Crippen LogP contribution >= 0.6 is 0 Å². The predicted molar refractivity (Wildman–Crippen MR) is 80.7 cm³/mol. The van der Waals surface area contributed by atoms with E-state index in [0.29, 0.717) is 19.1 Å². The highest BCUT2D eigenvalue weighted by molar-refractivity contribution is 5.78. The zero-order valence-corrected chi connectivity index (χ0v) is 12.0. The topological polar surface area (TPSA) is 62.9 Å². The van der Waals surface area contributed by atoms with Gasteiger partial charge in [-0.25, -0.2) is 0 Å². The van der Waals surface area contributed by atoms with Gasteiger partial charge in [0.05, 0.1) is 13.2 Å². The first kappa shape index (κ1) is 15.3. The highest BCUT2D eigenvalue weighted by Gasteiger charge is 2.02. The molecule has 1 aromatic carbocycles. The molecule has 106 valence electrons. The Kier molecular flexibility index (Phi) is 6.74. The summed E-state index contributed by atoms with van der Waals surface area (Å²) in [6.07, 6.45) is 0. The Balaban J connectivity index is 2.32. The van der Waals surface area contributed by atoms with E-state index in [0.717, 1.165) is 6.54 Å². The zero-order chi connectivity index (χ0) is 14.1. The summed E-state index contributed by atoms with van der Waals surface area (Å²) in [6, 6.07) is 10.4. The van der Waals surface area contributed by atoms with E-state index in [9.17, 15) is 0 Å². The molecule has 1 rings (SSSR count). The molecule has 1 unspecified atom stereocenters. The van der Waals surface area contributed by atoms with E-state index < -0.39 is 0 Å². The number of likely N-dealkylation sites (N-methyl/N-ethyl adjacent to an activating group) is 1. The largest absolute Gasteiger partial charge is 0.383 e. The van der Waals surface area contributed by atoms with Crippen LogP contribution in [0.3, 0.4) is 0 Å². The SMILES string of the molecule is COCC(C)NC(N)=NCCN(C)c1ccccc1. The summed E-state index contributed by atoms with van der Waals surface area (Å²) in [5.74, 6) is 0.464. The minimum absolute atomic E-state index is 0.167. The number of hydrogen-bond acceptors (Lipinski definition) is 3. The minimum Gasteiger partial charge on any atom is -0.383 e. The number of rotatable bonds is 7. The number of aliphatic imine (C=N–C) groups is 1. The fourth-order valence-corrected chi connectivity index (χ4v) is 1.72. The van der Waals surface area contributed by atoms with Crippen LogP contribution in [-0.2, 0) is 4.74 Å². The zero-order valence-electron chi connectivity index (χ0n) is 12.0. The number of methoxy groups -OCH3 is 1. The van der Waals surface area contributed by atoms with Crippen molar-refractivity contribution >= 4 is 11.6 Å². The Morgan fingerprint density at radius 1 is 1.42 bits per heavy atom. The van der Waals surface area contributed by atoms with Gasteiger partial charge in [-0.2, -0.15) is 0 Å². The first-order valence-electron chi connectivity index (χ1n) is 6.45. The van der Waals surface area contributed by atoms with E-state index in [4.69, 9.17) is 10.5 Å². The van der Waals surface area contributed by atoms with Crippen molar-refractivity contribution in [3.8, 4) is 0 Å². The van der Waals surface area contributed by atoms with Gasteiger partial charge in [-0.3, -0.25) is 4.99 Å². The van der Waals surface area contributed by atoms with Crippen LogP contribution in [0.15, 0.2) is 35.3 Å². The second kappa shape index (κ2) is 8.37. The molecule has 1 aromatic rings. The van der Waals surface area contributed by atoms with Crippen LogP contribution < -0.4 is 16.0 Å². The van der Waals surface area contributed by atoms with Gasteiger partial charge < -0.3 is 20.7 Å². The monoisotopic (exact) mass is 264 g/mol. The van der Waals surface area contributed by atoms with Gasteiger partial charge in [0.1, 0.15) is 0 Å². The highest BCUT2D eigenvalue weighted by atomic mass is 16.5. The summed E-state index contributed by atoms with van der Waals surface area (Å²) in [4.78, 5) is 6.45. The van der Waals surface area contributed by atoms with Gasteiger partial charge in [0, 0.05) is 32.4 Å². The van der Waals surface area contributed by atoms with E-state index in [2.05, 4.69) is 27.3 Å². The number of ether oxygens (including phenoxy) is 1. The Morgan fingerprint density at radius 3 is 2.74 bits per heavy atom. The predicted octanol–water partition coefficient (Wildman–Crippen LogP) is 1.06. The maximum absolute atomic E-state index is 5.79. The fourth-order valence-electron chi connectivity index (χ4n) is 1.72. The van der Waals surface area contributed by atoms with E-state index in [-0.39, 0.29) is 6.04 Å². The number of para-hydroxylation sites is 1. The molecule has 0 heterocycles. The summed E-state index contributed by atoms with van der Waals surface area (Å²) in [7, 11) is 3.71. The molecule has 5 nitrogen and oxygen atoms in total. The highest BCUT2D eigenvalue weighted by Crippen LogP contribution is 2.09. The number of hydrogen-bond donors (Lipinski definition) is 2. The van der Waals surface area contributed by atoms with Gasteiger partial charge in [-0.1, -0.05) is 18.2 Å². The molecule has 0 aliphatic carbocycles. The molecule has 0 bridgehead atoms. The lowest BCUT2D eigenvalue weighted by Crippen LogP contribution is -2.41. The standard InChI is InChI=1S/C14H24N4O/c1-12(11-19-3)17-14(15)16-9-10-18(2)13-7-5-4-6-8-13/h4-8,12H,9-11H2,1-3H3,(H3,15,16,17). The average Bonchev–Trinajstić information content (AvgIpc) is 2.39. The van der Waals surface area contributed by atoms with Gasteiger partial charge in [-0.05, 0) is 19.1 Å². The van der Waals surface area contributed by atoms with Gasteiger partial charge in [0.2, 0.25) is 0 Å². The molecule has 3 N–H and O–H groups in total. The van der Waals surface area contributed by atoms with Crippen molar-refractivity contribution in [3.63, 3.8) is 0 Å². The molecule has 0 saturated heterocycles. The number of anilines is 1. The number of nitrogens with one attached hydrogen (secondary N) is 1. The molecular formula is C14H24N4O. The molecule has 19 heavy (non-hydrogen) atoms. The molecule has 5 heteroatoms. The van der Waals surface area contributed by atoms with Crippen LogP contribution in [0, 0.1) is 0 Å². The molecule has 0 aliphatic heterocycles. The van der Waals surface area contributed by atoms with Crippen LogP contribution in [0.4, 0.5) is 5.69 Å². The molecule has 0 aromatic heterocycles. The van der Waals surface area contributed by atoms with Crippen molar-refractivity contribution < 1.29 is 4.74 Å². The lowest BCUT2D eigenvalue weighted by molar-refractivity contribution is 0.179. The maximum atomic E-state index is 5.79. The Bertz CT molecular complexity index is 380. The van der Waals surface area contributed by atoms with Gasteiger partial charge in [-0.15, -0.1) is 0 Å². The van der Waals surface area contributed by atoms with Crippen molar-refractivity contribution in [1.29, 1.82) is 0 Å². The molecule has 0 saturated carbocycles. The smallest absolute Gasteiger partial charge is 0.188 e. The number of guanidine groups is 1. The van der Waals surface area contributed by atoms with Crippen LogP contribution in [0.2, 0.25) is 0 Å². The van der Waals surface area contributed by atoms with Crippen molar-refractivity contribution in [2.75, 3.05) is 38.8 Å². The number of nitrogens with zero attached hydrogens (tertiary/aromatic N) is 2. The van der Waals surface area contributed by atoms with E-state index in [1.807, 2.05) is 32.2 Å². The fraction of sp³-hybridized carbons (Fsp3) is 0.500. The third-order valence-corrected chi connectivity index (χ3v) is 2.73. The Morgan fingerprint density at radius 2 is 2.11 bits per heavy atom. The molecule has 0 aliphatic rings. The van der Waals surface area contributed by atoms with Crippen molar-refractivity contribution in [2.45, 2.75) is 13.0 Å². The van der Waals surface area contributed by atoms with Crippen LogP contribution in [0.1, 0.15) is 6.92 Å². The number of benzene rings is 1. The molecule has 0 fully saturated rings. The van der Waals surface area contributed by atoms with E-state index in [1.54, 1.807) is 7.11 Å². The summed E-state index contributed by atoms with van der Waals surface area (Å²) < 4.78 is 5.02. The van der Waals surface area contributed by atoms with Gasteiger partial charge >= 0.3 is 0 Å². The average molecular weight is 264 g/mol. The lowest BCUT2D eigenvalue weighted by atomic mass is 10.3. The normalized spacial score (nSPS) is 13.1. The second-order valence-corrected chi connectivity index (χ2v) is 4.52. The first-order valence-corrected chi connectivity index (χ1v) is 6.45. The third-order valence-electron chi connectivity index (χ3n) is 2.73. The van der Waals surface area contributed by atoms with E-state index in [1.165, 1.54) is 5.69 Å². The molecule has 0 spiro atoms. The molecular weight excluding hydrogens is 240 g/mol. The number of nitrogens with two attached hydrogens (primary N) is 1. The van der Waals surface area contributed by atoms with Crippen LogP contribution in [0.5, 0.6) is 0 Å². The van der Waals surface area contributed by atoms with E-state index >= 15 is 0 Å². The first-order chi connectivity index (χ1) is 9.13. The third kappa shape index (κ3) is 6.10. The van der Waals surface area contributed by atoms with Gasteiger partial charge in [0.25, 0.3) is 0 Å². The lowest BCUT2D eigenvalue weighted by Gasteiger charge is -2.18. The summed E-state index contributed by atoms with van der Waals surface area (Å²) in [6.45, 7) is 4.09. The van der Waals surface area contributed by atoms with Crippen LogP contribution in [-0.4, -0.2) is 45.9 Å². The Labute approximate surface area is 115 Å². The van der Waals surface area contributed by atoms with Crippen molar-refractivity contribution in [2.24, 2.45) is 10.7 Å². The van der Waals surface area contributed by atoms with Crippen molar-refractivity contribution in [3.05, 3.63) is 30.3 Å². The summed E-state index contributed by atoms with van der Waals surface area (Å²) in [5.41, 5.74) is 6.97. The summed E-state index contributed by atoms with van der Waals surface area (Å²) >= 11 is 0. The Hall–Kier alpha value is -1.75. The second-order valence-electron chi connectivity index (χ2n) is 4.52. The molecule has 0 amide bonds. The quantitative estimate of drug-likeness (QED) is 0.571. The molecule has 0 radical (unpaired) electrons. The van der Waals surface area contributed by atoms with Crippen LogP contribution in [0.25, 0.3) is 0 Å².